The van der Waals surface area contributed by atoms with Crippen molar-refractivity contribution in [1.29, 1.82) is 0 Å². The van der Waals surface area contributed by atoms with Crippen LogP contribution in [0.1, 0.15) is 4.88 Å². The van der Waals surface area contributed by atoms with Gasteiger partial charge < -0.3 is 0 Å². The van der Waals surface area contributed by atoms with Gasteiger partial charge in [0.05, 0.1) is 18.2 Å². The van der Waals surface area contributed by atoms with Gasteiger partial charge in [-0.15, -0.1) is 11.3 Å². The van der Waals surface area contributed by atoms with E-state index < -0.39 is 15.9 Å². The van der Waals surface area contributed by atoms with Crippen LogP contribution in [0.5, 0.6) is 0 Å². The summed E-state index contributed by atoms with van der Waals surface area (Å²) >= 11 is 4.77. The molecular formula is C14H14BrN3O3S2. The van der Waals surface area contributed by atoms with Gasteiger partial charge in [-0.05, 0) is 39.5 Å². The van der Waals surface area contributed by atoms with Gasteiger partial charge in [-0.1, -0.05) is 18.2 Å². The van der Waals surface area contributed by atoms with E-state index in [-0.39, 0.29) is 6.54 Å². The molecule has 0 saturated carbocycles. The number of hydrazone groups is 1. The third-order valence-electron chi connectivity index (χ3n) is 2.73. The van der Waals surface area contributed by atoms with E-state index in [1.807, 2.05) is 17.5 Å². The van der Waals surface area contributed by atoms with Crippen molar-refractivity contribution in [2.75, 3.05) is 17.1 Å². The third-order valence-corrected chi connectivity index (χ3v) is 5.34. The third kappa shape index (κ3) is 5.15. The molecule has 0 radical (unpaired) electrons. The fraction of sp³-hybridized carbons (Fsp3) is 0.143. The lowest BCUT2D eigenvalue weighted by Gasteiger charge is -2.22. The maximum Gasteiger partial charge on any atom is 0.260 e. The van der Waals surface area contributed by atoms with Crippen molar-refractivity contribution in [3.8, 4) is 0 Å². The minimum absolute atomic E-state index is 0.358. The molecule has 122 valence electrons. The summed E-state index contributed by atoms with van der Waals surface area (Å²) in [6.45, 7) is -0.358. The molecule has 23 heavy (non-hydrogen) atoms. The molecule has 0 aliphatic carbocycles. The molecule has 6 nitrogen and oxygen atoms in total. The van der Waals surface area contributed by atoms with Crippen LogP contribution in [0.2, 0.25) is 0 Å². The minimum atomic E-state index is -3.61. The van der Waals surface area contributed by atoms with Gasteiger partial charge in [-0.2, -0.15) is 5.10 Å². The van der Waals surface area contributed by atoms with Crippen LogP contribution >= 0.6 is 27.3 Å². The number of anilines is 1. The quantitative estimate of drug-likeness (QED) is 0.580. The number of nitrogens with one attached hydrogen (secondary N) is 1. The number of sulfonamides is 1. The van der Waals surface area contributed by atoms with Crippen molar-refractivity contribution in [2.24, 2.45) is 5.10 Å². The Morgan fingerprint density at radius 3 is 2.70 bits per heavy atom. The number of nitrogens with zero attached hydrogens (tertiary/aromatic N) is 2. The Bertz CT molecular complexity index is 804. The maximum absolute atomic E-state index is 12.0. The highest BCUT2D eigenvalue weighted by molar-refractivity contribution is 9.10. The second-order valence-corrected chi connectivity index (χ2v) is 8.27. The van der Waals surface area contributed by atoms with Crippen LogP contribution < -0.4 is 9.73 Å². The first-order valence-electron chi connectivity index (χ1n) is 6.45. The Labute approximate surface area is 147 Å². The summed E-state index contributed by atoms with van der Waals surface area (Å²) in [4.78, 5) is 12.9. The lowest BCUT2D eigenvalue weighted by Crippen LogP contribution is -2.39. The van der Waals surface area contributed by atoms with E-state index in [2.05, 4.69) is 26.5 Å². The Morgan fingerprint density at radius 2 is 2.09 bits per heavy atom. The average molecular weight is 416 g/mol. The molecule has 1 aromatic heterocycles. The van der Waals surface area contributed by atoms with Gasteiger partial charge in [0.15, 0.2) is 0 Å². The predicted octanol–water partition coefficient (Wildman–Crippen LogP) is 2.43. The smallest absolute Gasteiger partial charge is 0.260 e. The second kappa shape index (κ2) is 7.71. The molecule has 0 spiro atoms. The number of carbonyl (C=O) groups is 1. The number of amides is 1. The summed E-state index contributed by atoms with van der Waals surface area (Å²) in [5.41, 5.74) is 2.72. The van der Waals surface area contributed by atoms with Gasteiger partial charge in [-0.3, -0.25) is 9.10 Å². The summed E-state index contributed by atoms with van der Waals surface area (Å²) in [5, 5.41) is 5.71. The van der Waals surface area contributed by atoms with Crippen LogP contribution in [0, 0.1) is 0 Å². The predicted molar refractivity (Wildman–Crippen MR) is 96.4 cm³/mol. The van der Waals surface area contributed by atoms with Gasteiger partial charge in [0.2, 0.25) is 10.0 Å². The van der Waals surface area contributed by atoms with Gasteiger partial charge in [0, 0.05) is 9.35 Å². The van der Waals surface area contributed by atoms with Crippen LogP contribution in [0.15, 0.2) is 51.4 Å². The first-order chi connectivity index (χ1) is 10.9. The number of benzene rings is 1. The van der Waals surface area contributed by atoms with E-state index >= 15 is 0 Å². The van der Waals surface area contributed by atoms with Crippen LogP contribution in [-0.4, -0.2) is 33.3 Å². The van der Waals surface area contributed by atoms with Crippen LogP contribution in [0.3, 0.4) is 0 Å². The van der Waals surface area contributed by atoms with Gasteiger partial charge >= 0.3 is 0 Å². The Morgan fingerprint density at radius 1 is 1.35 bits per heavy atom. The average Bonchev–Trinajstić information content (AvgIpc) is 2.98. The molecular weight excluding hydrogens is 402 g/mol. The van der Waals surface area contributed by atoms with Crippen molar-refractivity contribution < 1.29 is 13.2 Å². The number of thiophene rings is 1. The zero-order chi connectivity index (χ0) is 16.9. The number of para-hydroxylation sites is 1. The van der Waals surface area contributed by atoms with Crippen molar-refractivity contribution in [3.05, 3.63) is 51.1 Å². The molecule has 1 amide bonds. The largest absolute Gasteiger partial charge is 0.271 e. The summed E-state index contributed by atoms with van der Waals surface area (Å²) < 4.78 is 25.5. The highest BCUT2D eigenvalue weighted by Crippen LogP contribution is 2.27. The number of hydrogen-bond acceptors (Lipinski definition) is 5. The molecule has 2 rings (SSSR count). The number of halogens is 1. The maximum atomic E-state index is 12.0. The van der Waals surface area contributed by atoms with Crippen molar-refractivity contribution >= 4 is 55.1 Å². The van der Waals surface area contributed by atoms with Crippen molar-refractivity contribution in [3.63, 3.8) is 0 Å². The summed E-state index contributed by atoms with van der Waals surface area (Å²) in [7, 11) is -3.61. The zero-order valence-corrected chi connectivity index (χ0v) is 15.4. The SMILES string of the molecule is CS(=O)(=O)N(CC(=O)N/N=C/c1cccs1)c1ccccc1Br. The van der Waals surface area contributed by atoms with E-state index in [0.29, 0.717) is 10.2 Å². The topological polar surface area (TPSA) is 78.8 Å². The molecule has 9 heteroatoms. The molecule has 0 aliphatic heterocycles. The molecule has 0 bridgehead atoms. The monoisotopic (exact) mass is 415 g/mol. The van der Waals surface area contributed by atoms with E-state index in [0.717, 1.165) is 15.4 Å². The molecule has 0 aliphatic rings. The molecule has 0 unspecified atom stereocenters. The van der Waals surface area contributed by atoms with Gasteiger partial charge in [0.1, 0.15) is 6.54 Å². The molecule has 0 atom stereocenters. The van der Waals surface area contributed by atoms with Crippen molar-refractivity contribution in [2.45, 2.75) is 0 Å². The summed E-state index contributed by atoms with van der Waals surface area (Å²) in [5.74, 6) is -0.529. The summed E-state index contributed by atoms with van der Waals surface area (Å²) in [6, 6.07) is 10.5. The zero-order valence-electron chi connectivity index (χ0n) is 12.1. The fourth-order valence-corrected chi connectivity index (χ4v) is 3.80. The summed E-state index contributed by atoms with van der Waals surface area (Å²) in [6.07, 6.45) is 2.56. The normalized spacial score (nSPS) is 11.6. The molecule has 1 aromatic carbocycles. The molecule has 1 heterocycles. The Kier molecular flexibility index (Phi) is 5.91. The Balaban J connectivity index is 2.10. The van der Waals surface area contributed by atoms with Gasteiger partial charge in [0.25, 0.3) is 5.91 Å². The number of carbonyl (C=O) groups excluding carboxylic acids is 1. The van der Waals surface area contributed by atoms with E-state index in [1.54, 1.807) is 24.3 Å². The lowest BCUT2D eigenvalue weighted by atomic mass is 10.3. The molecule has 0 saturated heterocycles. The van der Waals surface area contributed by atoms with E-state index in [9.17, 15) is 13.2 Å². The van der Waals surface area contributed by atoms with Crippen LogP contribution in [-0.2, 0) is 14.8 Å². The number of rotatable bonds is 6. The van der Waals surface area contributed by atoms with Gasteiger partial charge in [-0.25, -0.2) is 13.8 Å². The first-order valence-corrected chi connectivity index (χ1v) is 9.97. The molecule has 0 fully saturated rings. The van der Waals surface area contributed by atoms with Crippen LogP contribution in [0.25, 0.3) is 0 Å². The van der Waals surface area contributed by atoms with Crippen LogP contribution in [0.4, 0.5) is 5.69 Å². The number of hydrogen-bond donors (Lipinski definition) is 1. The second-order valence-electron chi connectivity index (χ2n) is 4.53. The lowest BCUT2D eigenvalue weighted by molar-refractivity contribution is -0.119. The van der Waals surface area contributed by atoms with Crippen molar-refractivity contribution in [1.82, 2.24) is 5.43 Å². The van der Waals surface area contributed by atoms with E-state index in [4.69, 9.17) is 0 Å². The molecule has 1 N–H and O–H groups in total. The molecule has 2 aromatic rings. The minimum Gasteiger partial charge on any atom is -0.271 e. The van der Waals surface area contributed by atoms with E-state index in [1.165, 1.54) is 17.6 Å². The Hall–Kier alpha value is -1.71. The fourth-order valence-electron chi connectivity index (χ4n) is 1.73. The highest BCUT2D eigenvalue weighted by atomic mass is 79.9. The standard InChI is InChI=1S/C14H14BrN3O3S2/c1-23(20,21)18(13-7-3-2-6-12(13)15)10-14(19)17-16-9-11-5-4-8-22-11/h2-9H,10H2,1H3,(H,17,19)/b16-9+. The highest BCUT2D eigenvalue weighted by Gasteiger charge is 2.22. The first kappa shape index (κ1) is 17.6.